The van der Waals surface area contributed by atoms with E-state index in [0.717, 1.165) is 22.3 Å². The first-order valence-corrected chi connectivity index (χ1v) is 9.79. The minimum atomic E-state index is 0.601. The third-order valence-electron chi connectivity index (χ3n) is 3.36. The average molecular weight is 358 g/mol. The van der Waals surface area contributed by atoms with Gasteiger partial charge in [-0.15, -0.1) is 16.9 Å². The lowest BCUT2D eigenvalue weighted by atomic mass is 10.2. The minimum absolute atomic E-state index is 0.601. The lowest BCUT2D eigenvalue weighted by molar-refractivity contribution is 0.337. The van der Waals surface area contributed by atoms with Gasteiger partial charge in [-0.25, -0.2) is 0 Å². The molecule has 0 aliphatic rings. The Hall–Kier alpha value is -1.99. The zero-order chi connectivity index (χ0) is 16.8. The fraction of sp³-hybridized carbons (Fsp3) is 0.235. The number of hydrogen-bond acceptors (Lipinski definition) is 6. The maximum Gasteiger partial charge on any atom is 0.214 e. The largest absolute Gasteiger partial charge is 0.492 e. The van der Waals surface area contributed by atoms with E-state index in [2.05, 4.69) is 46.0 Å². The molecule has 3 rings (SSSR count). The highest BCUT2D eigenvalue weighted by Crippen LogP contribution is 2.28. The van der Waals surface area contributed by atoms with Gasteiger partial charge >= 0.3 is 0 Å². The molecule has 0 bridgehead atoms. The molecule has 0 N–H and O–H groups in total. The van der Waals surface area contributed by atoms with Crippen molar-refractivity contribution in [2.45, 2.75) is 22.7 Å². The van der Waals surface area contributed by atoms with Crippen LogP contribution in [0.3, 0.4) is 0 Å². The van der Waals surface area contributed by atoms with Crippen LogP contribution in [0.1, 0.15) is 12.5 Å². The number of nitrogens with zero attached hydrogens (tertiary/aromatic N) is 4. The van der Waals surface area contributed by atoms with Crippen molar-refractivity contribution in [3.8, 4) is 11.4 Å². The Kier molecular flexibility index (Phi) is 5.77. The molecule has 0 aliphatic carbocycles. The first-order chi connectivity index (χ1) is 11.8. The van der Waals surface area contributed by atoms with Crippen molar-refractivity contribution in [2.24, 2.45) is 0 Å². The smallest absolute Gasteiger partial charge is 0.214 e. The van der Waals surface area contributed by atoms with Gasteiger partial charge in [0.15, 0.2) is 0 Å². The molecule has 5 nitrogen and oxygen atoms in total. The number of aromatic nitrogens is 4. The van der Waals surface area contributed by atoms with Crippen LogP contribution < -0.4 is 4.74 Å². The van der Waals surface area contributed by atoms with E-state index in [1.807, 2.05) is 31.2 Å². The molecule has 0 atom stereocenters. The van der Waals surface area contributed by atoms with E-state index in [1.165, 1.54) is 10.5 Å². The molecular formula is C17H18N4OS2. The third-order valence-corrected chi connectivity index (χ3v) is 5.10. The van der Waals surface area contributed by atoms with Crippen molar-refractivity contribution < 1.29 is 4.74 Å². The van der Waals surface area contributed by atoms with Gasteiger partial charge in [0.1, 0.15) is 11.4 Å². The lowest BCUT2D eigenvalue weighted by Gasteiger charge is -2.10. The van der Waals surface area contributed by atoms with Crippen molar-refractivity contribution in [2.75, 3.05) is 12.9 Å². The number of tetrazole rings is 1. The highest BCUT2D eigenvalue weighted by atomic mass is 32.2. The van der Waals surface area contributed by atoms with Gasteiger partial charge in [-0.2, -0.15) is 4.68 Å². The topological polar surface area (TPSA) is 52.8 Å². The van der Waals surface area contributed by atoms with Crippen LogP contribution in [-0.2, 0) is 5.75 Å². The molecule has 7 heteroatoms. The second kappa shape index (κ2) is 8.21. The molecule has 2 aromatic carbocycles. The molecule has 0 aliphatic heterocycles. The van der Waals surface area contributed by atoms with Gasteiger partial charge < -0.3 is 4.74 Å². The molecule has 0 amide bonds. The Morgan fingerprint density at radius 1 is 1.08 bits per heavy atom. The SMILES string of the molecule is CCOc1ccccc1-n1nnnc1SCc1ccc(SC)cc1. The Labute approximate surface area is 149 Å². The zero-order valence-corrected chi connectivity index (χ0v) is 15.2. The van der Waals surface area contributed by atoms with Crippen LogP contribution in [0, 0.1) is 0 Å². The number of benzene rings is 2. The first kappa shape index (κ1) is 16.9. The van der Waals surface area contributed by atoms with Gasteiger partial charge in [0.05, 0.1) is 6.61 Å². The summed E-state index contributed by atoms with van der Waals surface area (Å²) >= 11 is 3.35. The maximum atomic E-state index is 5.68. The third kappa shape index (κ3) is 3.91. The Balaban J connectivity index is 1.78. The molecule has 1 aromatic heterocycles. The van der Waals surface area contributed by atoms with Crippen molar-refractivity contribution in [3.63, 3.8) is 0 Å². The van der Waals surface area contributed by atoms with Crippen LogP contribution in [0.25, 0.3) is 5.69 Å². The second-order valence-corrected chi connectivity index (χ2v) is 6.73. The summed E-state index contributed by atoms with van der Waals surface area (Å²) in [6.45, 7) is 2.56. The molecule has 0 radical (unpaired) electrons. The summed E-state index contributed by atoms with van der Waals surface area (Å²) in [4.78, 5) is 1.26. The molecule has 0 fully saturated rings. The van der Waals surface area contributed by atoms with Crippen molar-refractivity contribution in [3.05, 3.63) is 54.1 Å². The molecular weight excluding hydrogens is 340 g/mol. The zero-order valence-electron chi connectivity index (χ0n) is 13.5. The first-order valence-electron chi connectivity index (χ1n) is 7.58. The van der Waals surface area contributed by atoms with Gasteiger partial charge in [-0.1, -0.05) is 36.0 Å². The van der Waals surface area contributed by atoms with Crippen molar-refractivity contribution >= 4 is 23.5 Å². The van der Waals surface area contributed by atoms with Crippen LogP contribution in [0.2, 0.25) is 0 Å². The lowest BCUT2D eigenvalue weighted by Crippen LogP contribution is -2.03. The minimum Gasteiger partial charge on any atom is -0.492 e. The Morgan fingerprint density at radius 3 is 2.62 bits per heavy atom. The summed E-state index contributed by atoms with van der Waals surface area (Å²) in [5.41, 5.74) is 2.09. The molecule has 124 valence electrons. The summed E-state index contributed by atoms with van der Waals surface area (Å²) in [5.74, 6) is 1.59. The summed E-state index contributed by atoms with van der Waals surface area (Å²) in [7, 11) is 0. The van der Waals surface area contributed by atoms with Crippen LogP contribution >= 0.6 is 23.5 Å². The van der Waals surface area contributed by atoms with Crippen molar-refractivity contribution in [1.29, 1.82) is 0 Å². The average Bonchev–Trinajstić information content (AvgIpc) is 3.09. The van der Waals surface area contributed by atoms with E-state index >= 15 is 0 Å². The Morgan fingerprint density at radius 2 is 1.88 bits per heavy atom. The molecule has 0 saturated carbocycles. The molecule has 3 aromatic rings. The molecule has 1 heterocycles. The van der Waals surface area contributed by atoms with Crippen LogP contribution in [0.4, 0.5) is 0 Å². The standard InChI is InChI=1S/C17H18N4OS2/c1-3-22-16-7-5-4-6-15(16)21-17(18-19-20-21)24-12-13-8-10-14(23-2)11-9-13/h4-11H,3,12H2,1-2H3. The highest BCUT2D eigenvalue weighted by Gasteiger charge is 2.13. The van der Waals surface area contributed by atoms with Crippen molar-refractivity contribution in [1.82, 2.24) is 20.2 Å². The highest BCUT2D eigenvalue weighted by molar-refractivity contribution is 7.98. The van der Waals surface area contributed by atoms with Gasteiger partial charge in [0, 0.05) is 10.6 Å². The van der Waals surface area contributed by atoms with E-state index in [9.17, 15) is 0 Å². The van der Waals surface area contributed by atoms with E-state index < -0.39 is 0 Å². The van der Waals surface area contributed by atoms with Gasteiger partial charge in [0.2, 0.25) is 5.16 Å². The van der Waals surface area contributed by atoms with E-state index in [0.29, 0.717) is 6.61 Å². The molecule has 0 unspecified atom stereocenters. The molecule has 0 spiro atoms. The fourth-order valence-corrected chi connectivity index (χ4v) is 3.45. The number of rotatable bonds is 7. The van der Waals surface area contributed by atoms with Crippen LogP contribution in [0.5, 0.6) is 5.75 Å². The number of para-hydroxylation sites is 2. The van der Waals surface area contributed by atoms with Gasteiger partial charge in [-0.3, -0.25) is 0 Å². The quantitative estimate of drug-likeness (QED) is 0.593. The van der Waals surface area contributed by atoms with Crippen LogP contribution in [0.15, 0.2) is 58.6 Å². The second-order valence-electron chi connectivity index (χ2n) is 4.91. The molecule has 24 heavy (non-hydrogen) atoms. The summed E-state index contributed by atoms with van der Waals surface area (Å²) in [5, 5.41) is 12.8. The summed E-state index contributed by atoms with van der Waals surface area (Å²) in [6, 6.07) is 16.3. The van der Waals surface area contributed by atoms with Crippen LogP contribution in [-0.4, -0.2) is 33.1 Å². The maximum absolute atomic E-state index is 5.68. The monoisotopic (exact) mass is 358 g/mol. The van der Waals surface area contributed by atoms with E-state index in [4.69, 9.17) is 4.74 Å². The van der Waals surface area contributed by atoms with E-state index in [-0.39, 0.29) is 0 Å². The predicted molar refractivity (Wildman–Crippen MR) is 98.1 cm³/mol. The number of thioether (sulfide) groups is 2. The predicted octanol–water partition coefficient (Wildman–Crippen LogP) is 4.08. The summed E-state index contributed by atoms with van der Waals surface area (Å²) in [6.07, 6.45) is 2.08. The number of hydrogen-bond donors (Lipinski definition) is 0. The van der Waals surface area contributed by atoms with E-state index in [1.54, 1.807) is 28.2 Å². The number of ether oxygens (including phenoxy) is 1. The Bertz CT molecular complexity index is 789. The summed E-state index contributed by atoms with van der Waals surface area (Å²) < 4.78 is 7.40. The fourth-order valence-electron chi connectivity index (χ4n) is 2.20. The molecule has 0 saturated heterocycles. The van der Waals surface area contributed by atoms with Gasteiger partial charge in [-0.05, 0) is 53.4 Å². The normalized spacial score (nSPS) is 10.8. The van der Waals surface area contributed by atoms with Gasteiger partial charge in [0.25, 0.3) is 0 Å².